The Morgan fingerprint density at radius 1 is 0.862 bits per heavy atom. The normalized spacial score (nSPS) is 37.4. The Bertz CT molecular complexity index is 894. The van der Waals surface area contributed by atoms with Crippen LogP contribution in [0, 0.1) is 35.5 Å². The van der Waals surface area contributed by atoms with Crippen molar-refractivity contribution in [1.29, 1.82) is 0 Å². The molecular weight excluding hydrogens is 364 g/mol. The molecular formula is C24H26N2O3. The zero-order chi connectivity index (χ0) is 19.7. The standard InChI is InChI=1S/C24H26N2O3/c27-22(25-10-3-1-2-4-11-25)14-6-5-7-15(12-14)26-23(28)20-16-8-9-17(19-13-18(16)19)21(20)24(26)29/h5-9,12,16-21H,1-4,10-11,13H2/t16-,17-,18-,19+,20-,21+/m0/s1. The maximum atomic E-state index is 13.3. The molecule has 4 fully saturated rings. The number of hydrogen-bond donors (Lipinski definition) is 0. The van der Waals surface area contributed by atoms with Gasteiger partial charge in [-0.15, -0.1) is 0 Å². The van der Waals surface area contributed by atoms with Crippen LogP contribution in [0.1, 0.15) is 42.5 Å². The Hall–Kier alpha value is -2.43. The summed E-state index contributed by atoms with van der Waals surface area (Å²) < 4.78 is 0. The maximum absolute atomic E-state index is 13.3. The third-order valence-corrected chi connectivity index (χ3v) is 7.91. The first-order valence-corrected chi connectivity index (χ1v) is 11.1. The van der Waals surface area contributed by atoms with Crippen LogP contribution in [0.3, 0.4) is 0 Å². The van der Waals surface area contributed by atoms with E-state index in [4.69, 9.17) is 0 Å². The first-order chi connectivity index (χ1) is 14.1. The minimum Gasteiger partial charge on any atom is -0.339 e. The van der Waals surface area contributed by atoms with Gasteiger partial charge >= 0.3 is 0 Å². The Balaban J connectivity index is 1.30. The topological polar surface area (TPSA) is 57.7 Å². The number of carbonyl (C=O) groups is 3. The minimum atomic E-state index is -0.203. The van der Waals surface area contributed by atoms with Crippen LogP contribution < -0.4 is 4.90 Å². The second-order valence-electron chi connectivity index (χ2n) is 9.42. The number of likely N-dealkylation sites (tertiary alicyclic amines) is 1. The summed E-state index contributed by atoms with van der Waals surface area (Å²) in [5.41, 5.74) is 1.13. The van der Waals surface area contributed by atoms with E-state index in [1.165, 1.54) is 17.7 Å². The SMILES string of the molecule is O=C(c1cccc(N2C(=O)[C@@H]3[C@H]4C=C[C@@H]([C@@H]5C[C@H]45)[C@@H]3C2=O)c1)N1CCCCCC1. The van der Waals surface area contributed by atoms with Crippen LogP contribution in [0.4, 0.5) is 5.69 Å². The molecule has 2 saturated carbocycles. The van der Waals surface area contributed by atoms with Crippen molar-refractivity contribution in [2.75, 3.05) is 18.0 Å². The summed E-state index contributed by atoms with van der Waals surface area (Å²) in [6, 6.07) is 7.14. The zero-order valence-electron chi connectivity index (χ0n) is 16.5. The monoisotopic (exact) mass is 390 g/mol. The molecule has 150 valence electrons. The fraction of sp³-hybridized carbons (Fsp3) is 0.542. The zero-order valence-corrected chi connectivity index (χ0v) is 16.5. The Morgan fingerprint density at radius 2 is 1.48 bits per heavy atom. The molecule has 6 aliphatic rings. The van der Waals surface area contributed by atoms with Crippen molar-refractivity contribution in [3.8, 4) is 0 Å². The Morgan fingerprint density at radius 3 is 2.10 bits per heavy atom. The molecule has 6 atom stereocenters. The number of nitrogens with zero attached hydrogens (tertiary/aromatic N) is 2. The lowest BCUT2D eigenvalue weighted by atomic mass is 9.63. The molecule has 0 spiro atoms. The largest absolute Gasteiger partial charge is 0.339 e. The molecule has 0 radical (unpaired) electrons. The van der Waals surface area contributed by atoms with Crippen molar-refractivity contribution in [3.05, 3.63) is 42.0 Å². The van der Waals surface area contributed by atoms with Crippen molar-refractivity contribution in [1.82, 2.24) is 4.90 Å². The summed E-state index contributed by atoms with van der Waals surface area (Å²) in [5, 5.41) is 0. The van der Waals surface area contributed by atoms with Crippen molar-refractivity contribution in [3.63, 3.8) is 0 Å². The summed E-state index contributed by atoms with van der Waals surface area (Å²) in [4.78, 5) is 42.9. The predicted molar refractivity (Wildman–Crippen MR) is 108 cm³/mol. The summed E-state index contributed by atoms with van der Waals surface area (Å²) in [5.74, 6) is 1.10. The smallest absolute Gasteiger partial charge is 0.253 e. The van der Waals surface area contributed by atoms with Gasteiger partial charge < -0.3 is 4.90 Å². The van der Waals surface area contributed by atoms with Crippen molar-refractivity contribution in [2.45, 2.75) is 32.1 Å². The molecule has 5 heteroatoms. The summed E-state index contributed by atoms with van der Waals surface area (Å²) >= 11 is 0. The first-order valence-electron chi connectivity index (χ1n) is 11.1. The van der Waals surface area contributed by atoms with Crippen molar-refractivity contribution < 1.29 is 14.4 Å². The lowest BCUT2D eigenvalue weighted by Gasteiger charge is -2.37. The van der Waals surface area contributed by atoms with E-state index < -0.39 is 0 Å². The van der Waals surface area contributed by atoms with Gasteiger partial charge in [-0.05, 0) is 61.1 Å². The van der Waals surface area contributed by atoms with Gasteiger partial charge in [-0.25, -0.2) is 4.90 Å². The fourth-order valence-corrected chi connectivity index (χ4v) is 6.45. The lowest BCUT2D eigenvalue weighted by molar-refractivity contribution is -0.124. The molecule has 3 amide bonds. The van der Waals surface area contributed by atoms with Gasteiger partial charge in [0, 0.05) is 18.7 Å². The third kappa shape index (κ3) is 2.49. The molecule has 4 aliphatic carbocycles. The number of imide groups is 1. The van der Waals surface area contributed by atoms with Crippen molar-refractivity contribution in [2.24, 2.45) is 35.5 Å². The number of rotatable bonds is 2. The molecule has 5 nitrogen and oxygen atoms in total. The van der Waals surface area contributed by atoms with Crippen LogP contribution in [-0.2, 0) is 9.59 Å². The molecule has 1 aromatic rings. The number of benzene rings is 1. The highest BCUT2D eigenvalue weighted by molar-refractivity contribution is 6.23. The molecule has 0 unspecified atom stereocenters. The second-order valence-corrected chi connectivity index (χ2v) is 9.42. The van der Waals surface area contributed by atoms with Crippen LogP contribution in [0.25, 0.3) is 0 Å². The van der Waals surface area contributed by atoms with Gasteiger partial charge in [-0.1, -0.05) is 31.1 Å². The average molecular weight is 390 g/mol. The van der Waals surface area contributed by atoms with E-state index in [2.05, 4.69) is 12.2 Å². The molecule has 0 aromatic heterocycles. The van der Waals surface area contributed by atoms with Crippen LogP contribution in [0.15, 0.2) is 36.4 Å². The fourth-order valence-electron chi connectivity index (χ4n) is 6.45. The van der Waals surface area contributed by atoms with E-state index in [-0.39, 0.29) is 41.4 Å². The number of amides is 3. The molecule has 0 N–H and O–H groups in total. The van der Waals surface area contributed by atoms with E-state index >= 15 is 0 Å². The van der Waals surface area contributed by atoms with Crippen LogP contribution in [-0.4, -0.2) is 35.7 Å². The average Bonchev–Trinajstić information content (AvgIpc) is 3.55. The number of anilines is 1. The van der Waals surface area contributed by atoms with E-state index in [1.54, 1.807) is 24.3 Å². The van der Waals surface area contributed by atoms with Gasteiger partial charge in [0.25, 0.3) is 5.91 Å². The van der Waals surface area contributed by atoms with E-state index in [0.717, 1.165) is 32.4 Å². The van der Waals surface area contributed by atoms with Crippen LogP contribution >= 0.6 is 0 Å². The summed E-state index contributed by atoms with van der Waals surface area (Å²) in [6.07, 6.45) is 9.95. The van der Waals surface area contributed by atoms with E-state index in [9.17, 15) is 14.4 Å². The van der Waals surface area contributed by atoms with Gasteiger partial charge in [-0.2, -0.15) is 0 Å². The van der Waals surface area contributed by atoms with E-state index in [1.807, 2.05) is 4.90 Å². The highest BCUT2D eigenvalue weighted by Crippen LogP contribution is 2.65. The maximum Gasteiger partial charge on any atom is 0.253 e. The first kappa shape index (κ1) is 17.4. The summed E-state index contributed by atoms with van der Waals surface area (Å²) in [6.45, 7) is 1.57. The Kier molecular flexibility index (Phi) is 3.78. The molecule has 2 heterocycles. The predicted octanol–water partition coefficient (Wildman–Crippen LogP) is 3.26. The molecule has 7 rings (SSSR count). The van der Waals surface area contributed by atoms with Gasteiger partial charge in [0.05, 0.1) is 17.5 Å². The third-order valence-electron chi connectivity index (χ3n) is 7.91. The number of carbonyl (C=O) groups excluding carboxylic acids is 3. The minimum absolute atomic E-state index is 0.00763. The highest BCUT2D eigenvalue weighted by atomic mass is 16.2. The number of hydrogen-bond acceptors (Lipinski definition) is 3. The van der Waals surface area contributed by atoms with Crippen LogP contribution in [0.2, 0.25) is 0 Å². The van der Waals surface area contributed by atoms with Gasteiger partial charge in [-0.3, -0.25) is 14.4 Å². The molecule has 2 bridgehead atoms. The van der Waals surface area contributed by atoms with Gasteiger partial charge in [0.15, 0.2) is 0 Å². The Labute approximate surface area is 170 Å². The number of allylic oxidation sites excluding steroid dienone is 2. The van der Waals surface area contributed by atoms with Crippen LogP contribution in [0.5, 0.6) is 0 Å². The molecule has 29 heavy (non-hydrogen) atoms. The summed E-state index contributed by atoms with van der Waals surface area (Å²) in [7, 11) is 0. The highest BCUT2D eigenvalue weighted by Gasteiger charge is 2.67. The quantitative estimate of drug-likeness (QED) is 0.575. The second kappa shape index (κ2) is 6.28. The van der Waals surface area contributed by atoms with Crippen molar-refractivity contribution >= 4 is 23.4 Å². The molecule has 2 aliphatic heterocycles. The molecule has 1 aromatic carbocycles. The van der Waals surface area contributed by atoms with Gasteiger partial charge in [0.2, 0.25) is 11.8 Å². The molecule has 2 saturated heterocycles. The van der Waals surface area contributed by atoms with Gasteiger partial charge in [0.1, 0.15) is 0 Å². The lowest BCUT2D eigenvalue weighted by Crippen LogP contribution is -2.40. The van der Waals surface area contributed by atoms with E-state index in [0.29, 0.717) is 23.1 Å².